The lowest BCUT2D eigenvalue weighted by molar-refractivity contribution is -0.138. The SMILES string of the molecule is NCCNC(=O)Cc1ccccc1C(F)(F)F. The third-order valence-corrected chi connectivity index (χ3v) is 2.14. The number of amides is 1. The molecule has 0 bridgehead atoms. The highest BCUT2D eigenvalue weighted by Gasteiger charge is 2.33. The molecule has 3 N–H and O–H groups in total. The lowest BCUT2D eigenvalue weighted by atomic mass is 10.0. The Kier molecular flexibility index (Phi) is 4.51. The average Bonchev–Trinajstić information content (AvgIpc) is 2.25. The third kappa shape index (κ3) is 4.07. The van der Waals surface area contributed by atoms with Crippen LogP contribution in [0.1, 0.15) is 11.1 Å². The molecule has 0 aliphatic rings. The monoisotopic (exact) mass is 246 g/mol. The first-order chi connectivity index (χ1) is 7.95. The van der Waals surface area contributed by atoms with Crippen LogP contribution < -0.4 is 11.1 Å². The number of rotatable bonds is 4. The van der Waals surface area contributed by atoms with Crippen LogP contribution in [-0.4, -0.2) is 19.0 Å². The van der Waals surface area contributed by atoms with Gasteiger partial charge in [0.2, 0.25) is 5.91 Å². The van der Waals surface area contributed by atoms with Crippen molar-refractivity contribution in [2.24, 2.45) is 5.73 Å². The van der Waals surface area contributed by atoms with E-state index in [-0.39, 0.29) is 25.1 Å². The second kappa shape index (κ2) is 5.67. The van der Waals surface area contributed by atoms with Gasteiger partial charge in [-0.25, -0.2) is 0 Å². The first-order valence-electron chi connectivity index (χ1n) is 5.07. The van der Waals surface area contributed by atoms with E-state index in [1.165, 1.54) is 18.2 Å². The smallest absolute Gasteiger partial charge is 0.355 e. The summed E-state index contributed by atoms with van der Waals surface area (Å²) in [6, 6.07) is 5.03. The van der Waals surface area contributed by atoms with E-state index in [0.29, 0.717) is 0 Å². The summed E-state index contributed by atoms with van der Waals surface area (Å²) in [4.78, 5) is 11.3. The number of benzene rings is 1. The summed E-state index contributed by atoms with van der Waals surface area (Å²) >= 11 is 0. The molecule has 94 valence electrons. The zero-order valence-corrected chi connectivity index (χ0v) is 9.05. The van der Waals surface area contributed by atoms with Gasteiger partial charge >= 0.3 is 6.18 Å². The molecule has 0 heterocycles. The molecule has 0 unspecified atom stereocenters. The molecule has 0 fully saturated rings. The summed E-state index contributed by atoms with van der Waals surface area (Å²) in [7, 11) is 0. The molecule has 1 rings (SSSR count). The van der Waals surface area contributed by atoms with E-state index in [4.69, 9.17) is 5.73 Å². The van der Waals surface area contributed by atoms with Gasteiger partial charge in [-0.2, -0.15) is 13.2 Å². The Bertz CT molecular complexity index is 391. The minimum atomic E-state index is -4.44. The van der Waals surface area contributed by atoms with Crippen molar-refractivity contribution in [1.82, 2.24) is 5.32 Å². The van der Waals surface area contributed by atoms with E-state index >= 15 is 0 Å². The van der Waals surface area contributed by atoms with Crippen LogP contribution in [0.25, 0.3) is 0 Å². The van der Waals surface area contributed by atoms with Gasteiger partial charge in [-0.05, 0) is 11.6 Å². The van der Waals surface area contributed by atoms with Gasteiger partial charge in [-0.15, -0.1) is 0 Å². The number of halogens is 3. The van der Waals surface area contributed by atoms with E-state index < -0.39 is 17.6 Å². The van der Waals surface area contributed by atoms with Gasteiger partial charge in [0.25, 0.3) is 0 Å². The molecule has 0 saturated carbocycles. The Morgan fingerprint density at radius 2 is 1.94 bits per heavy atom. The highest BCUT2D eigenvalue weighted by molar-refractivity contribution is 5.78. The van der Waals surface area contributed by atoms with Crippen molar-refractivity contribution < 1.29 is 18.0 Å². The Morgan fingerprint density at radius 3 is 2.53 bits per heavy atom. The number of hydrogen-bond donors (Lipinski definition) is 2. The summed E-state index contributed by atoms with van der Waals surface area (Å²) in [5.41, 5.74) is 4.37. The quantitative estimate of drug-likeness (QED) is 0.842. The van der Waals surface area contributed by atoms with Crippen molar-refractivity contribution >= 4 is 5.91 Å². The summed E-state index contributed by atoms with van der Waals surface area (Å²) in [5.74, 6) is -0.466. The number of alkyl halides is 3. The third-order valence-electron chi connectivity index (χ3n) is 2.14. The van der Waals surface area contributed by atoms with E-state index in [2.05, 4.69) is 5.32 Å². The van der Waals surface area contributed by atoms with Crippen LogP contribution in [0.2, 0.25) is 0 Å². The number of nitrogens with two attached hydrogens (primary N) is 1. The van der Waals surface area contributed by atoms with E-state index in [0.717, 1.165) is 6.07 Å². The van der Waals surface area contributed by atoms with Crippen LogP contribution >= 0.6 is 0 Å². The molecule has 0 saturated heterocycles. The molecule has 0 aliphatic heterocycles. The van der Waals surface area contributed by atoms with Crippen LogP contribution in [0.4, 0.5) is 13.2 Å². The molecule has 17 heavy (non-hydrogen) atoms. The second-order valence-electron chi connectivity index (χ2n) is 3.47. The number of hydrogen-bond acceptors (Lipinski definition) is 2. The molecule has 0 atom stereocenters. The molecule has 0 aliphatic carbocycles. The lowest BCUT2D eigenvalue weighted by Gasteiger charge is -2.12. The topological polar surface area (TPSA) is 55.1 Å². The largest absolute Gasteiger partial charge is 0.416 e. The summed E-state index contributed by atoms with van der Waals surface area (Å²) in [5, 5.41) is 2.43. The van der Waals surface area contributed by atoms with Gasteiger partial charge in [-0.1, -0.05) is 18.2 Å². The summed E-state index contributed by atoms with van der Waals surface area (Å²) in [6.45, 7) is 0.514. The molecule has 0 radical (unpaired) electrons. The summed E-state index contributed by atoms with van der Waals surface area (Å²) in [6.07, 6.45) is -4.74. The van der Waals surface area contributed by atoms with Gasteiger partial charge in [0.15, 0.2) is 0 Å². The zero-order chi connectivity index (χ0) is 12.9. The highest BCUT2D eigenvalue weighted by Crippen LogP contribution is 2.31. The number of nitrogens with one attached hydrogen (secondary N) is 1. The number of carbonyl (C=O) groups excluding carboxylic acids is 1. The zero-order valence-electron chi connectivity index (χ0n) is 9.05. The fourth-order valence-electron chi connectivity index (χ4n) is 1.40. The molecule has 0 aromatic heterocycles. The Morgan fingerprint density at radius 1 is 1.29 bits per heavy atom. The van der Waals surface area contributed by atoms with Crippen molar-refractivity contribution in [2.75, 3.05) is 13.1 Å². The van der Waals surface area contributed by atoms with Gasteiger partial charge in [-0.3, -0.25) is 4.79 Å². The van der Waals surface area contributed by atoms with Crippen molar-refractivity contribution in [3.63, 3.8) is 0 Å². The van der Waals surface area contributed by atoms with Crippen molar-refractivity contribution in [3.05, 3.63) is 35.4 Å². The summed E-state index contributed by atoms with van der Waals surface area (Å²) < 4.78 is 37.8. The Labute approximate surface area is 96.8 Å². The van der Waals surface area contributed by atoms with Crippen LogP contribution in [0.3, 0.4) is 0 Å². The molecular formula is C11H13F3N2O. The van der Waals surface area contributed by atoms with Crippen molar-refractivity contribution in [1.29, 1.82) is 0 Å². The standard InChI is InChI=1S/C11H13F3N2O/c12-11(13,14)9-4-2-1-3-8(9)7-10(17)16-6-5-15/h1-4H,5-7,15H2,(H,16,17). The fraction of sp³-hybridized carbons (Fsp3) is 0.364. The predicted molar refractivity (Wildman–Crippen MR) is 57.2 cm³/mol. The van der Waals surface area contributed by atoms with Crippen molar-refractivity contribution in [3.8, 4) is 0 Å². The molecule has 0 spiro atoms. The Hall–Kier alpha value is -1.56. The minimum Gasteiger partial charge on any atom is -0.355 e. The molecular weight excluding hydrogens is 233 g/mol. The first kappa shape index (κ1) is 13.5. The van der Waals surface area contributed by atoms with Crippen LogP contribution in [0, 0.1) is 0 Å². The van der Waals surface area contributed by atoms with E-state index in [9.17, 15) is 18.0 Å². The van der Waals surface area contributed by atoms with E-state index in [1.54, 1.807) is 0 Å². The Balaban J connectivity index is 2.81. The van der Waals surface area contributed by atoms with Gasteiger partial charge in [0, 0.05) is 13.1 Å². The predicted octanol–water partition coefficient (Wildman–Crippen LogP) is 1.32. The maximum atomic E-state index is 12.6. The van der Waals surface area contributed by atoms with Crippen LogP contribution in [-0.2, 0) is 17.4 Å². The number of carbonyl (C=O) groups is 1. The van der Waals surface area contributed by atoms with Gasteiger partial charge < -0.3 is 11.1 Å². The van der Waals surface area contributed by atoms with Gasteiger partial charge in [0.1, 0.15) is 0 Å². The minimum absolute atomic E-state index is 0.0329. The molecule has 6 heteroatoms. The van der Waals surface area contributed by atoms with Crippen LogP contribution in [0.15, 0.2) is 24.3 Å². The first-order valence-corrected chi connectivity index (χ1v) is 5.07. The molecule has 1 aromatic rings. The molecule has 1 amide bonds. The second-order valence-corrected chi connectivity index (χ2v) is 3.47. The normalized spacial score (nSPS) is 11.3. The maximum absolute atomic E-state index is 12.6. The van der Waals surface area contributed by atoms with Gasteiger partial charge in [0.05, 0.1) is 12.0 Å². The molecule has 1 aromatic carbocycles. The van der Waals surface area contributed by atoms with E-state index in [1.807, 2.05) is 0 Å². The van der Waals surface area contributed by atoms with Crippen molar-refractivity contribution in [2.45, 2.75) is 12.6 Å². The average molecular weight is 246 g/mol. The maximum Gasteiger partial charge on any atom is 0.416 e. The molecule has 3 nitrogen and oxygen atoms in total. The highest BCUT2D eigenvalue weighted by atomic mass is 19.4. The van der Waals surface area contributed by atoms with Crippen LogP contribution in [0.5, 0.6) is 0 Å². The fourth-order valence-corrected chi connectivity index (χ4v) is 1.40. The lowest BCUT2D eigenvalue weighted by Crippen LogP contribution is -2.30.